The van der Waals surface area contributed by atoms with E-state index in [9.17, 15) is 0 Å². The van der Waals surface area contributed by atoms with Gasteiger partial charge in [0.1, 0.15) is 15.0 Å². The summed E-state index contributed by atoms with van der Waals surface area (Å²) in [7, 11) is 0. The highest BCUT2D eigenvalue weighted by Gasteiger charge is 2.04. The number of aromatic nitrogens is 2. The summed E-state index contributed by atoms with van der Waals surface area (Å²) < 4.78 is 1.84. The van der Waals surface area contributed by atoms with Crippen molar-refractivity contribution in [1.29, 1.82) is 0 Å². The number of nitrogens with one attached hydrogen (secondary N) is 1. The molecule has 0 aromatic carbocycles. The first-order chi connectivity index (χ1) is 8.74. The number of hydrogen-bond acceptors (Lipinski definition) is 1. The Hall–Kier alpha value is 0.650. The average Bonchev–Trinajstić information content (AvgIpc) is 2.67. The minimum absolute atomic E-state index is 0. The van der Waals surface area contributed by atoms with Crippen LogP contribution in [0.4, 0.5) is 0 Å². The molecule has 0 aliphatic heterocycles. The lowest BCUT2D eigenvalue weighted by Gasteiger charge is -2.01. The van der Waals surface area contributed by atoms with Gasteiger partial charge in [-0.25, -0.2) is 4.98 Å². The van der Waals surface area contributed by atoms with Gasteiger partial charge >= 0.3 is 0 Å². The number of unbranched alkanes of at least 4 members (excludes halogenated alkanes) is 8. The van der Waals surface area contributed by atoms with E-state index >= 15 is 0 Å². The molecule has 0 radical (unpaired) electrons. The van der Waals surface area contributed by atoms with Crippen molar-refractivity contribution in [3.8, 4) is 0 Å². The normalized spacial score (nSPS) is 10.5. The van der Waals surface area contributed by atoms with Crippen LogP contribution in [0.3, 0.4) is 0 Å². The van der Waals surface area contributed by atoms with E-state index < -0.39 is 0 Å². The van der Waals surface area contributed by atoms with Gasteiger partial charge in [-0.1, -0.05) is 58.3 Å². The van der Waals surface area contributed by atoms with Crippen LogP contribution in [0.2, 0.25) is 0 Å². The quantitative estimate of drug-likeness (QED) is 0.392. The summed E-state index contributed by atoms with van der Waals surface area (Å²) in [4.78, 5) is 7.62. The average molecular weight is 461 g/mol. The smallest absolute Gasteiger partial charge is 0.138 e. The van der Waals surface area contributed by atoms with Crippen molar-refractivity contribution in [1.82, 2.24) is 9.97 Å². The van der Waals surface area contributed by atoms with Crippen molar-refractivity contribution in [2.75, 3.05) is 0 Å². The van der Waals surface area contributed by atoms with Gasteiger partial charge in [0.25, 0.3) is 0 Å². The predicted molar refractivity (Wildman–Crippen MR) is 95.2 cm³/mol. The Morgan fingerprint density at radius 3 is 1.89 bits per heavy atom. The lowest BCUT2D eigenvalue weighted by molar-refractivity contribution is 0.562. The molecule has 0 atom stereocenters. The summed E-state index contributed by atoms with van der Waals surface area (Å²) in [6, 6.07) is 0. The van der Waals surface area contributed by atoms with Crippen molar-refractivity contribution in [2.24, 2.45) is 0 Å². The van der Waals surface area contributed by atoms with Crippen LogP contribution in [-0.4, -0.2) is 9.97 Å². The number of aromatic amines is 1. The SMILES string of the molecule is Br.CCCCCCCCCCCc1nc(Br)c(Br)[nH]1. The van der Waals surface area contributed by atoms with Crippen LogP contribution in [0.25, 0.3) is 0 Å². The van der Waals surface area contributed by atoms with E-state index in [4.69, 9.17) is 0 Å². The first kappa shape index (κ1) is 19.7. The van der Waals surface area contributed by atoms with Crippen molar-refractivity contribution in [2.45, 2.75) is 71.1 Å². The summed E-state index contributed by atoms with van der Waals surface area (Å²) in [5.41, 5.74) is 0. The van der Waals surface area contributed by atoms with Crippen LogP contribution >= 0.6 is 48.8 Å². The van der Waals surface area contributed by atoms with Gasteiger partial charge in [-0.3, -0.25) is 0 Å². The number of imidazole rings is 1. The lowest BCUT2D eigenvalue weighted by Crippen LogP contribution is -1.89. The third kappa shape index (κ3) is 9.24. The maximum atomic E-state index is 4.39. The van der Waals surface area contributed by atoms with Gasteiger partial charge in [0.2, 0.25) is 0 Å². The fourth-order valence-corrected chi connectivity index (χ4v) is 2.73. The van der Waals surface area contributed by atoms with Crippen molar-refractivity contribution in [3.63, 3.8) is 0 Å². The molecule has 1 aromatic heterocycles. The maximum absolute atomic E-state index is 4.39. The highest BCUT2D eigenvalue weighted by molar-refractivity contribution is 9.13. The number of nitrogens with zero attached hydrogens (tertiary/aromatic N) is 1. The first-order valence-electron chi connectivity index (χ1n) is 7.14. The largest absolute Gasteiger partial charge is 0.336 e. The second kappa shape index (κ2) is 12.4. The van der Waals surface area contributed by atoms with Gasteiger partial charge in [0.05, 0.1) is 0 Å². The fourth-order valence-electron chi connectivity index (χ4n) is 2.10. The van der Waals surface area contributed by atoms with Crippen LogP contribution in [0.15, 0.2) is 9.21 Å². The van der Waals surface area contributed by atoms with Crippen molar-refractivity contribution < 1.29 is 0 Å². The molecule has 0 saturated carbocycles. The summed E-state index contributed by atoms with van der Waals surface area (Å²) in [5.74, 6) is 1.08. The third-order valence-corrected chi connectivity index (χ3v) is 4.87. The third-order valence-electron chi connectivity index (χ3n) is 3.19. The van der Waals surface area contributed by atoms with E-state index in [1.165, 1.54) is 57.8 Å². The van der Waals surface area contributed by atoms with Gasteiger partial charge in [0.15, 0.2) is 0 Å². The molecular weight excluding hydrogens is 436 g/mol. The van der Waals surface area contributed by atoms with Crippen molar-refractivity contribution >= 4 is 48.8 Å². The summed E-state index contributed by atoms with van der Waals surface area (Å²) in [6.45, 7) is 2.27. The topological polar surface area (TPSA) is 28.7 Å². The summed E-state index contributed by atoms with van der Waals surface area (Å²) in [5, 5.41) is 0. The Labute approximate surface area is 144 Å². The van der Waals surface area contributed by atoms with E-state index in [0.717, 1.165) is 21.5 Å². The molecule has 0 aliphatic rings. The minimum atomic E-state index is 0. The maximum Gasteiger partial charge on any atom is 0.138 e. The Morgan fingerprint density at radius 2 is 1.42 bits per heavy atom. The Kier molecular flexibility index (Phi) is 12.8. The van der Waals surface area contributed by atoms with Gasteiger partial charge < -0.3 is 4.98 Å². The van der Waals surface area contributed by atoms with Gasteiger partial charge in [-0.2, -0.15) is 0 Å². The molecule has 1 rings (SSSR count). The summed E-state index contributed by atoms with van der Waals surface area (Å²) >= 11 is 6.81. The zero-order chi connectivity index (χ0) is 13.2. The molecule has 1 N–H and O–H groups in total. The number of rotatable bonds is 10. The van der Waals surface area contributed by atoms with Gasteiger partial charge in [-0.15, -0.1) is 17.0 Å². The van der Waals surface area contributed by atoms with Gasteiger partial charge in [-0.05, 0) is 38.3 Å². The van der Waals surface area contributed by atoms with Crippen LogP contribution in [0.5, 0.6) is 0 Å². The van der Waals surface area contributed by atoms with E-state index in [-0.39, 0.29) is 17.0 Å². The Morgan fingerprint density at radius 1 is 0.895 bits per heavy atom. The molecule has 0 unspecified atom stereocenters. The molecule has 2 nitrogen and oxygen atoms in total. The Balaban J connectivity index is 0.00000324. The minimum Gasteiger partial charge on any atom is -0.336 e. The molecule has 1 heterocycles. The van der Waals surface area contributed by atoms with Crippen LogP contribution in [-0.2, 0) is 6.42 Å². The molecule has 0 bridgehead atoms. The second-order valence-corrected chi connectivity index (χ2v) is 6.41. The van der Waals surface area contributed by atoms with Crippen molar-refractivity contribution in [3.05, 3.63) is 15.0 Å². The Bertz CT molecular complexity index is 307. The zero-order valence-corrected chi connectivity index (χ0v) is 16.6. The van der Waals surface area contributed by atoms with Crippen LogP contribution in [0, 0.1) is 0 Å². The van der Waals surface area contributed by atoms with Gasteiger partial charge in [0, 0.05) is 6.42 Å². The number of halogens is 3. The first-order valence-corrected chi connectivity index (χ1v) is 8.72. The zero-order valence-electron chi connectivity index (χ0n) is 11.7. The molecule has 5 heteroatoms. The molecule has 19 heavy (non-hydrogen) atoms. The molecular formula is C14H25Br3N2. The van der Waals surface area contributed by atoms with E-state index in [2.05, 4.69) is 48.8 Å². The van der Waals surface area contributed by atoms with E-state index in [1.807, 2.05) is 0 Å². The van der Waals surface area contributed by atoms with E-state index in [0.29, 0.717) is 0 Å². The number of hydrogen-bond donors (Lipinski definition) is 1. The molecule has 0 fully saturated rings. The predicted octanol–water partition coefficient (Wildman–Crippen LogP) is 6.59. The highest BCUT2D eigenvalue weighted by Crippen LogP contribution is 2.20. The molecule has 1 aromatic rings. The fraction of sp³-hybridized carbons (Fsp3) is 0.786. The molecule has 0 amide bonds. The monoisotopic (exact) mass is 458 g/mol. The molecule has 112 valence electrons. The number of aryl methyl sites for hydroxylation is 1. The summed E-state index contributed by atoms with van der Waals surface area (Å²) in [6.07, 6.45) is 13.4. The molecule has 0 saturated heterocycles. The van der Waals surface area contributed by atoms with Crippen LogP contribution < -0.4 is 0 Å². The lowest BCUT2D eigenvalue weighted by atomic mass is 10.1. The van der Waals surface area contributed by atoms with E-state index in [1.54, 1.807) is 0 Å². The second-order valence-electron chi connectivity index (χ2n) is 4.87. The van der Waals surface area contributed by atoms with Crippen LogP contribution in [0.1, 0.15) is 70.5 Å². The highest BCUT2D eigenvalue weighted by atomic mass is 79.9. The number of H-pyrrole nitrogens is 1. The molecule has 0 aliphatic carbocycles. The standard InChI is InChI=1S/C14H24Br2N2.BrH/c1-2-3-4-5-6-7-8-9-10-11-12-17-13(15)14(16)18-12;/h2-11H2,1H3,(H,17,18);1H. The molecule has 0 spiro atoms.